The molecule has 2 fully saturated rings. The van der Waals surface area contributed by atoms with E-state index in [4.69, 9.17) is 0 Å². The van der Waals surface area contributed by atoms with Gasteiger partial charge in [0.25, 0.3) is 0 Å². The minimum absolute atomic E-state index is 0.108. The van der Waals surface area contributed by atoms with Crippen LogP contribution in [0.1, 0.15) is 33.6 Å². The molecule has 3 unspecified atom stereocenters. The predicted molar refractivity (Wildman–Crippen MR) is 77.5 cm³/mol. The fraction of sp³-hybridized carbons (Fsp3) is 1.00. The smallest absolute Gasteiger partial charge is 0.218 e. The lowest BCUT2D eigenvalue weighted by molar-refractivity contribution is 0.335. The minimum Gasteiger partial charge on any atom is -0.313 e. The van der Waals surface area contributed by atoms with Gasteiger partial charge in [-0.05, 0) is 26.7 Å². The molecule has 1 N–H and O–H groups in total. The minimum atomic E-state index is -3.15. The van der Waals surface area contributed by atoms with E-state index in [1.165, 1.54) is 12.8 Å². The standard InChI is InChI=1S/C12H24N2O2S2/c1-9(8-13-12-4-5-12)18(15,16)14-6-7-17-11(3)10(14)2/h9-13H,4-8H2,1-3H3. The van der Waals surface area contributed by atoms with Crippen molar-refractivity contribution in [3.63, 3.8) is 0 Å². The first kappa shape index (κ1) is 14.6. The van der Waals surface area contributed by atoms with Crippen molar-refractivity contribution in [2.24, 2.45) is 0 Å². The zero-order valence-electron chi connectivity index (χ0n) is 11.4. The Morgan fingerprint density at radius 1 is 1.39 bits per heavy atom. The van der Waals surface area contributed by atoms with Crippen molar-refractivity contribution in [2.75, 3.05) is 18.8 Å². The fourth-order valence-corrected chi connectivity index (χ4v) is 5.27. The Morgan fingerprint density at radius 2 is 2.06 bits per heavy atom. The second kappa shape index (κ2) is 5.69. The van der Waals surface area contributed by atoms with Gasteiger partial charge in [0.1, 0.15) is 0 Å². The van der Waals surface area contributed by atoms with Gasteiger partial charge < -0.3 is 5.32 Å². The van der Waals surface area contributed by atoms with Crippen LogP contribution < -0.4 is 5.32 Å². The Balaban J connectivity index is 1.98. The van der Waals surface area contributed by atoms with E-state index in [1.54, 1.807) is 4.31 Å². The highest BCUT2D eigenvalue weighted by atomic mass is 32.2. The van der Waals surface area contributed by atoms with E-state index in [0.29, 0.717) is 24.4 Å². The van der Waals surface area contributed by atoms with Gasteiger partial charge in [0, 0.05) is 36.2 Å². The van der Waals surface area contributed by atoms with E-state index in [0.717, 1.165) is 5.75 Å². The number of hydrogen-bond donors (Lipinski definition) is 1. The zero-order valence-corrected chi connectivity index (χ0v) is 13.1. The maximum atomic E-state index is 12.6. The topological polar surface area (TPSA) is 49.4 Å². The van der Waals surface area contributed by atoms with Gasteiger partial charge in [-0.1, -0.05) is 6.92 Å². The maximum absolute atomic E-state index is 12.6. The second-order valence-electron chi connectivity index (χ2n) is 5.47. The van der Waals surface area contributed by atoms with Crippen LogP contribution in [0.15, 0.2) is 0 Å². The Bertz CT molecular complexity index is 382. The van der Waals surface area contributed by atoms with Crippen LogP contribution in [0.3, 0.4) is 0 Å². The molecule has 0 radical (unpaired) electrons. The number of thioether (sulfide) groups is 1. The molecule has 2 aliphatic rings. The van der Waals surface area contributed by atoms with Crippen LogP contribution in [-0.4, -0.2) is 54.1 Å². The Kier molecular flexibility index (Phi) is 4.62. The van der Waals surface area contributed by atoms with E-state index in [1.807, 2.05) is 25.6 Å². The summed E-state index contributed by atoms with van der Waals surface area (Å²) in [5, 5.41) is 3.38. The molecule has 1 saturated carbocycles. The summed E-state index contributed by atoms with van der Waals surface area (Å²) >= 11 is 1.86. The van der Waals surface area contributed by atoms with Crippen LogP contribution >= 0.6 is 11.8 Å². The lowest BCUT2D eigenvalue weighted by Crippen LogP contribution is -2.52. The first-order chi connectivity index (χ1) is 8.43. The lowest BCUT2D eigenvalue weighted by Gasteiger charge is -2.38. The number of sulfonamides is 1. The van der Waals surface area contributed by atoms with Crippen molar-refractivity contribution in [1.82, 2.24) is 9.62 Å². The van der Waals surface area contributed by atoms with Gasteiger partial charge in [0.05, 0.1) is 5.25 Å². The predicted octanol–water partition coefficient (Wildman–Crippen LogP) is 1.28. The highest BCUT2D eigenvalue weighted by Gasteiger charge is 2.37. The number of rotatable bonds is 5. The largest absolute Gasteiger partial charge is 0.313 e. The van der Waals surface area contributed by atoms with Crippen LogP contribution in [0.4, 0.5) is 0 Å². The van der Waals surface area contributed by atoms with Crippen molar-refractivity contribution in [2.45, 2.75) is 56.2 Å². The SMILES string of the molecule is CC1SCCN(S(=O)(=O)C(C)CNC2CC2)C1C. The first-order valence-electron chi connectivity index (χ1n) is 6.78. The molecular weight excluding hydrogens is 268 g/mol. The van der Waals surface area contributed by atoms with Crippen molar-refractivity contribution in [3.8, 4) is 0 Å². The molecule has 6 heteroatoms. The average molecular weight is 292 g/mol. The average Bonchev–Trinajstić information content (AvgIpc) is 3.13. The fourth-order valence-electron chi connectivity index (χ4n) is 2.22. The molecule has 1 heterocycles. The van der Waals surface area contributed by atoms with Crippen molar-refractivity contribution in [3.05, 3.63) is 0 Å². The van der Waals surface area contributed by atoms with Crippen LogP contribution in [0.2, 0.25) is 0 Å². The van der Waals surface area contributed by atoms with E-state index in [-0.39, 0.29) is 11.3 Å². The molecular formula is C12H24N2O2S2. The highest BCUT2D eigenvalue weighted by Crippen LogP contribution is 2.28. The van der Waals surface area contributed by atoms with Gasteiger partial charge in [-0.15, -0.1) is 0 Å². The van der Waals surface area contributed by atoms with Crippen LogP contribution in [0.5, 0.6) is 0 Å². The number of hydrogen-bond acceptors (Lipinski definition) is 4. The molecule has 0 aromatic heterocycles. The molecule has 1 aliphatic carbocycles. The lowest BCUT2D eigenvalue weighted by atomic mass is 10.2. The summed E-state index contributed by atoms with van der Waals surface area (Å²) in [7, 11) is -3.15. The van der Waals surface area contributed by atoms with E-state index in [9.17, 15) is 8.42 Å². The summed E-state index contributed by atoms with van der Waals surface area (Å²) in [5.74, 6) is 0.910. The third-order valence-electron chi connectivity index (χ3n) is 3.93. The summed E-state index contributed by atoms with van der Waals surface area (Å²) in [6, 6.07) is 0.674. The van der Waals surface area contributed by atoms with Gasteiger partial charge >= 0.3 is 0 Å². The van der Waals surface area contributed by atoms with Gasteiger partial charge in [-0.2, -0.15) is 16.1 Å². The molecule has 4 nitrogen and oxygen atoms in total. The summed E-state index contributed by atoms with van der Waals surface area (Å²) in [6.45, 7) is 7.20. The van der Waals surface area contributed by atoms with Gasteiger partial charge in [-0.3, -0.25) is 0 Å². The van der Waals surface area contributed by atoms with Gasteiger partial charge in [0.15, 0.2) is 0 Å². The normalized spacial score (nSPS) is 32.4. The molecule has 1 saturated heterocycles. The van der Waals surface area contributed by atoms with Crippen molar-refractivity contribution >= 4 is 21.8 Å². The summed E-state index contributed by atoms with van der Waals surface area (Å²) in [4.78, 5) is 0. The molecule has 0 bridgehead atoms. The van der Waals surface area contributed by atoms with Crippen LogP contribution in [-0.2, 0) is 10.0 Å². The Labute approximate surface area is 115 Å². The first-order valence-corrected chi connectivity index (χ1v) is 9.33. The molecule has 106 valence electrons. The van der Waals surface area contributed by atoms with E-state index >= 15 is 0 Å². The molecule has 0 aromatic carbocycles. The molecule has 1 aliphatic heterocycles. The van der Waals surface area contributed by atoms with Crippen molar-refractivity contribution < 1.29 is 8.42 Å². The molecule has 0 aromatic rings. The van der Waals surface area contributed by atoms with Gasteiger partial charge in [0.2, 0.25) is 10.0 Å². The Hall–Kier alpha value is 0.220. The molecule has 3 atom stereocenters. The Morgan fingerprint density at radius 3 is 2.67 bits per heavy atom. The quantitative estimate of drug-likeness (QED) is 0.829. The van der Waals surface area contributed by atoms with Crippen LogP contribution in [0, 0.1) is 0 Å². The third kappa shape index (κ3) is 3.21. The van der Waals surface area contributed by atoms with E-state index < -0.39 is 10.0 Å². The molecule has 0 amide bonds. The van der Waals surface area contributed by atoms with Crippen LogP contribution in [0.25, 0.3) is 0 Å². The summed E-state index contributed by atoms with van der Waals surface area (Å²) < 4.78 is 26.8. The highest BCUT2D eigenvalue weighted by molar-refractivity contribution is 8.00. The maximum Gasteiger partial charge on any atom is 0.218 e. The molecule has 0 spiro atoms. The van der Waals surface area contributed by atoms with Gasteiger partial charge in [-0.25, -0.2) is 8.42 Å². The molecule has 2 rings (SSSR count). The third-order valence-corrected chi connectivity index (χ3v) is 7.62. The number of nitrogens with one attached hydrogen (secondary N) is 1. The zero-order chi connectivity index (χ0) is 13.3. The monoisotopic (exact) mass is 292 g/mol. The number of nitrogens with zero attached hydrogens (tertiary/aromatic N) is 1. The summed E-state index contributed by atoms with van der Waals surface area (Å²) in [5.41, 5.74) is 0. The van der Waals surface area contributed by atoms with Crippen molar-refractivity contribution in [1.29, 1.82) is 0 Å². The molecule has 18 heavy (non-hydrogen) atoms. The van der Waals surface area contributed by atoms with E-state index in [2.05, 4.69) is 12.2 Å². The second-order valence-corrected chi connectivity index (χ2v) is 9.25. The summed E-state index contributed by atoms with van der Waals surface area (Å²) in [6.07, 6.45) is 2.39.